The van der Waals surface area contributed by atoms with Crippen LogP contribution >= 0.6 is 0 Å². The summed E-state index contributed by atoms with van der Waals surface area (Å²) >= 11 is 0. The van der Waals surface area contributed by atoms with E-state index in [1.165, 1.54) is 0 Å². The van der Waals surface area contributed by atoms with E-state index in [4.69, 9.17) is 5.26 Å². The molecule has 1 aromatic carbocycles. The van der Waals surface area contributed by atoms with Gasteiger partial charge in [-0.3, -0.25) is 9.59 Å². The number of nitrogens with zero attached hydrogens (tertiary/aromatic N) is 4. The lowest BCUT2D eigenvalue weighted by Gasteiger charge is -2.10. The molecular weight excluding hydrogens is 342 g/mol. The van der Waals surface area contributed by atoms with Gasteiger partial charge in [-0.15, -0.1) is 0 Å². The zero-order valence-electron chi connectivity index (χ0n) is 14.8. The molecule has 1 aliphatic rings. The Morgan fingerprint density at radius 2 is 2.11 bits per heavy atom. The number of aromatic nitrogens is 3. The minimum Gasteiger partial charge on any atom is -0.326 e. The molecule has 2 aromatic heterocycles. The Kier molecular flexibility index (Phi) is 4.47. The number of carbonyl (C=O) groups excluding carboxylic acids is 1. The molecule has 0 spiro atoms. The summed E-state index contributed by atoms with van der Waals surface area (Å²) in [5.41, 5.74) is 3.66. The fraction of sp³-hybridized carbons (Fsp3) is 0.300. The van der Waals surface area contributed by atoms with Gasteiger partial charge in [-0.25, -0.2) is 4.52 Å². The number of nitrogens with one attached hydrogen (secondary N) is 1. The Balaban J connectivity index is 1.50. The van der Waals surface area contributed by atoms with Crippen molar-refractivity contribution in [2.24, 2.45) is 0 Å². The first-order chi connectivity index (χ1) is 13.2. The molecule has 7 nitrogen and oxygen atoms in total. The summed E-state index contributed by atoms with van der Waals surface area (Å²) in [5.74, 6) is -0.201. The summed E-state index contributed by atoms with van der Waals surface area (Å²) in [5, 5.41) is 16.2. The number of fused-ring (bicyclic) bond motifs is 3. The van der Waals surface area contributed by atoms with Crippen molar-refractivity contribution in [2.75, 3.05) is 5.32 Å². The molecule has 0 fully saturated rings. The summed E-state index contributed by atoms with van der Waals surface area (Å²) < 4.78 is 3.24. The number of amides is 1. The molecule has 4 rings (SSSR count). The van der Waals surface area contributed by atoms with Crippen molar-refractivity contribution in [3.05, 3.63) is 63.8 Å². The number of hydrogen-bond donors (Lipinski definition) is 1. The largest absolute Gasteiger partial charge is 0.326 e. The average Bonchev–Trinajstić information content (AvgIpc) is 3.07. The van der Waals surface area contributed by atoms with Crippen LogP contribution in [0.1, 0.15) is 36.1 Å². The highest BCUT2D eigenvalue weighted by Gasteiger charge is 2.19. The topological polar surface area (TPSA) is 92.2 Å². The highest BCUT2D eigenvalue weighted by Crippen LogP contribution is 2.22. The highest BCUT2D eigenvalue weighted by atomic mass is 16.2. The van der Waals surface area contributed by atoms with Crippen LogP contribution in [0.2, 0.25) is 0 Å². The van der Waals surface area contributed by atoms with Crippen molar-refractivity contribution < 1.29 is 4.79 Å². The molecule has 0 aliphatic heterocycles. The van der Waals surface area contributed by atoms with Gasteiger partial charge in [0.05, 0.1) is 17.3 Å². The van der Waals surface area contributed by atoms with Gasteiger partial charge in [-0.05, 0) is 43.9 Å². The minimum atomic E-state index is -0.201. The Morgan fingerprint density at radius 1 is 1.26 bits per heavy atom. The van der Waals surface area contributed by atoms with E-state index in [0.717, 1.165) is 36.9 Å². The van der Waals surface area contributed by atoms with E-state index in [1.54, 1.807) is 45.7 Å². The van der Waals surface area contributed by atoms with Crippen molar-refractivity contribution in [1.29, 1.82) is 5.26 Å². The number of carbonyl (C=O) groups is 1. The van der Waals surface area contributed by atoms with Crippen LogP contribution in [0.25, 0.3) is 5.52 Å². The van der Waals surface area contributed by atoms with E-state index in [-0.39, 0.29) is 17.9 Å². The fourth-order valence-corrected chi connectivity index (χ4v) is 3.54. The lowest BCUT2D eigenvalue weighted by atomic mass is 9.97. The first kappa shape index (κ1) is 17.0. The maximum absolute atomic E-state index is 12.9. The third-order valence-corrected chi connectivity index (χ3v) is 4.89. The highest BCUT2D eigenvalue weighted by molar-refractivity contribution is 5.90. The van der Waals surface area contributed by atoms with Crippen molar-refractivity contribution >= 4 is 17.1 Å². The molecule has 3 aromatic rings. The van der Waals surface area contributed by atoms with Gasteiger partial charge in [0, 0.05) is 36.6 Å². The third-order valence-electron chi connectivity index (χ3n) is 4.89. The number of nitriles is 1. The van der Waals surface area contributed by atoms with Crippen molar-refractivity contribution in [1.82, 2.24) is 14.2 Å². The molecule has 1 N–H and O–H groups in total. The Labute approximate surface area is 155 Å². The molecule has 1 aliphatic carbocycles. The predicted molar refractivity (Wildman–Crippen MR) is 100 cm³/mol. The summed E-state index contributed by atoms with van der Waals surface area (Å²) in [6, 6.07) is 8.79. The zero-order chi connectivity index (χ0) is 18.8. The number of aryl methyl sites for hydroxylation is 3. The van der Waals surface area contributed by atoms with Gasteiger partial charge < -0.3 is 9.88 Å². The Morgan fingerprint density at radius 3 is 2.96 bits per heavy atom. The summed E-state index contributed by atoms with van der Waals surface area (Å²) in [7, 11) is 0. The van der Waals surface area contributed by atoms with Gasteiger partial charge >= 0.3 is 0 Å². The molecule has 27 heavy (non-hydrogen) atoms. The monoisotopic (exact) mass is 361 g/mol. The van der Waals surface area contributed by atoms with E-state index < -0.39 is 0 Å². The van der Waals surface area contributed by atoms with Crippen LogP contribution in [-0.2, 0) is 24.2 Å². The molecule has 0 saturated carbocycles. The van der Waals surface area contributed by atoms with E-state index >= 15 is 0 Å². The number of benzene rings is 1. The predicted octanol–water partition coefficient (Wildman–Crippen LogP) is 2.28. The average molecular weight is 361 g/mol. The molecule has 7 heteroatoms. The SMILES string of the molecule is N#Cc1cccc(NC(=O)CCn2ccn3nc4c(c3c2=O)CCCC4)c1. The van der Waals surface area contributed by atoms with Crippen LogP contribution in [0.3, 0.4) is 0 Å². The second-order valence-electron chi connectivity index (χ2n) is 6.71. The Bertz CT molecular complexity index is 1120. The van der Waals surface area contributed by atoms with E-state index in [2.05, 4.69) is 10.4 Å². The molecule has 0 bridgehead atoms. The van der Waals surface area contributed by atoms with Crippen molar-refractivity contribution in [2.45, 2.75) is 38.6 Å². The van der Waals surface area contributed by atoms with Crippen LogP contribution in [0.5, 0.6) is 0 Å². The van der Waals surface area contributed by atoms with Gasteiger partial charge in [0.1, 0.15) is 5.52 Å². The molecule has 0 saturated heterocycles. The standard InChI is InChI=1S/C20H19N5O2/c21-13-14-4-3-5-15(12-14)22-18(26)8-9-24-10-11-25-19(20(24)27)16-6-1-2-7-17(16)23-25/h3-5,10-12H,1-2,6-9H2,(H,22,26). The van der Waals surface area contributed by atoms with Gasteiger partial charge in [0.2, 0.25) is 5.91 Å². The zero-order valence-corrected chi connectivity index (χ0v) is 14.8. The van der Waals surface area contributed by atoms with Gasteiger partial charge in [0.25, 0.3) is 5.56 Å². The molecule has 0 atom stereocenters. The molecular formula is C20H19N5O2. The lowest BCUT2D eigenvalue weighted by molar-refractivity contribution is -0.116. The fourth-order valence-electron chi connectivity index (χ4n) is 3.54. The number of hydrogen-bond acceptors (Lipinski definition) is 4. The summed E-state index contributed by atoms with van der Waals surface area (Å²) in [4.78, 5) is 25.1. The van der Waals surface area contributed by atoms with E-state index in [0.29, 0.717) is 23.3 Å². The third kappa shape index (κ3) is 3.34. The minimum absolute atomic E-state index is 0.104. The summed E-state index contributed by atoms with van der Waals surface area (Å²) in [6.45, 7) is 0.291. The van der Waals surface area contributed by atoms with Gasteiger partial charge in [-0.1, -0.05) is 6.07 Å². The second-order valence-corrected chi connectivity index (χ2v) is 6.71. The van der Waals surface area contributed by atoms with Crippen LogP contribution in [-0.4, -0.2) is 20.1 Å². The van der Waals surface area contributed by atoms with E-state index in [9.17, 15) is 9.59 Å². The summed E-state index contributed by atoms with van der Waals surface area (Å²) in [6.07, 6.45) is 7.61. The normalized spacial score (nSPS) is 13.1. The maximum atomic E-state index is 12.9. The van der Waals surface area contributed by atoms with E-state index in [1.807, 2.05) is 6.07 Å². The molecule has 1 amide bonds. The van der Waals surface area contributed by atoms with Crippen LogP contribution in [0.4, 0.5) is 5.69 Å². The van der Waals surface area contributed by atoms with Gasteiger partial charge in [0.15, 0.2) is 0 Å². The first-order valence-electron chi connectivity index (χ1n) is 9.05. The molecule has 2 heterocycles. The second kappa shape index (κ2) is 7.08. The first-order valence-corrected chi connectivity index (χ1v) is 9.05. The van der Waals surface area contributed by atoms with Crippen LogP contribution in [0.15, 0.2) is 41.5 Å². The number of anilines is 1. The molecule has 136 valence electrons. The quantitative estimate of drug-likeness (QED) is 0.771. The van der Waals surface area contributed by atoms with Crippen molar-refractivity contribution in [3.8, 4) is 6.07 Å². The number of rotatable bonds is 4. The van der Waals surface area contributed by atoms with Crippen molar-refractivity contribution in [3.63, 3.8) is 0 Å². The smallest absolute Gasteiger partial charge is 0.276 e. The lowest BCUT2D eigenvalue weighted by Crippen LogP contribution is -2.24. The molecule has 0 unspecified atom stereocenters. The van der Waals surface area contributed by atoms with Crippen LogP contribution < -0.4 is 10.9 Å². The Hall–Kier alpha value is -3.40. The maximum Gasteiger partial charge on any atom is 0.276 e. The molecule has 0 radical (unpaired) electrons. The van der Waals surface area contributed by atoms with Gasteiger partial charge in [-0.2, -0.15) is 10.4 Å². The van der Waals surface area contributed by atoms with Crippen LogP contribution in [0, 0.1) is 11.3 Å².